The Bertz CT molecular complexity index is 681. The third-order valence-corrected chi connectivity index (χ3v) is 3.25. The number of benzene rings is 1. The lowest BCUT2D eigenvalue weighted by atomic mass is 10.1. The van der Waals surface area contributed by atoms with Gasteiger partial charge in [0.25, 0.3) is 5.91 Å². The number of anilines is 1. The Morgan fingerprint density at radius 2 is 2.10 bits per heavy atom. The summed E-state index contributed by atoms with van der Waals surface area (Å²) in [7, 11) is 1.44. The lowest BCUT2D eigenvalue weighted by Gasteiger charge is -2.12. The van der Waals surface area contributed by atoms with E-state index >= 15 is 0 Å². The van der Waals surface area contributed by atoms with Crippen molar-refractivity contribution >= 4 is 29.2 Å². The maximum absolute atomic E-state index is 12.3. The minimum absolute atomic E-state index is 0.0944. The van der Waals surface area contributed by atoms with Crippen LogP contribution in [0.5, 0.6) is 11.5 Å². The minimum atomic E-state index is -0.530. The average Bonchev–Trinajstić information content (AvgIpc) is 2.83. The number of ether oxygens (including phenoxy) is 2. The van der Waals surface area contributed by atoms with Crippen molar-refractivity contribution in [1.82, 2.24) is 4.37 Å². The Hall–Kier alpha value is -2.41. The molecule has 0 unspecified atom stereocenters. The topological polar surface area (TPSA) is 77.5 Å². The summed E-state index contributed by atoms with van der Waals surface area (Å²) in [5.41, 5.74) is 0.204. The smallest absolute Gasteiger partial charge is 0.308 e. The Morgan fingerprint density at radius 3 is 2.67 bits per heavy atom. The highest BCUT2D eigenvalue weighted by molar-refractivity contribution is 7.06. The van der Waals surface area contributed by atoms with Crippen molar-refractivity contribution in [3.05, 3.63) is 34.7 Å². The first-order chi connectivity index (χ1) is 10.0. The fraction of sp³-hybridized carbons (Fsp3) is 0.214. The van der Waals surface area contributed by atoms with Crippen LogP contribution in [0.4, 0.5) is 5.82 Å². The van der Waals surface area contributed by atoms with E-state index in [1.54, 1.807) is 24.3 Å². The molecule has 0 aliphatic rings. The monoisotopic (exact) mass is 306 g/mol. The van der Waals surface area contributed by atoms with Gasteiger partial charge in [-0.25, -0.2) is 0 Å². The van der Waals surface area contributed by atoms with E-state index in [9.17, 15) is 9.59 Å². The van der Waals surface area contributed by atoms with Gasteiger partial charge in [-0.05, 0) is 36.7 Å². The second-order valence-electron chi connectivity index (χ2n) is 4.21. The number of carbonyl (C=O) groups is 2. The molecule has 0 aliphatic heterocycles. The van der Waals surface area contributed by atoms with Gasteiger partial charge in [0, 0.05) is 11.8 Å². The predicted octanol–water partition coefficient (Wildman–Crippen LogP) is 2.64. The minimum Gasteiger partial charge on any atom is -0.493 e. The van der Waals surface area contributed by atoms with Gasteiger partial charge >= 0.3 is 5.97 Å². The third kappa shape index (κ3) is 3.57. The molecule has 0 aliphatic carbocycles. The molecule has 0 atom stereocenters. The first-order valence-electron chi connectivity index (χ1n) is 6.11. The van der Waals surface area contributed by atoms with Crippen LogP contribution in [-0.4, -0.2) is 23.4 Å². The summed E-state index contributed by atoms with van der Waals surface area (Å²) in [5, 5.41) is 2.66. The quantitative estimate of drug-likeness (QED) is 0.694. The first kappa shape index (κ1) is 15.0. The second-order valence-corrected chi connectivity index (χ2v) is 5.22. The summed E-state index contributed by atoms with van der Waals surface area (Å²) in [5.74, 6) is -0.0862. The highest BCUT2D eigenvalue weighted by atomic mass is 32.1. The van der Waals surface area contributed by atoms with Crippen molar-refractivity contribution < 1.29 is 19.1 Å². The molecule has 2 rings (SSSR count). The van der Waals surface area contributed by atoms with Gasteiger partial charge < -0.3 is 14.8 Å². The second kappa shape index (κ2) is 6.36. The SMILES string of the molecule is COc1cccc(C(=O)Nc2cc(C)sn2)c1OC(C)=O. The van der Waals surface area contributed by atoms with Gasteiger partial charge in [-0.1, -0.05) is 6.07 Å². The summed E-state index contributed by atoms with van der Waals surface area (Å²) >= 11 is 1.29. The molecule has 1 N–H and O–H groups in total. The predicted molar refractivity (Wildman–Crippen MR) is 79.1 cm³/mol. The van der Waals surface area contributed by atoms with Gasteiger partial charge in [0.05, 0.1) is 12.7 Å². The highest BCUT2D eigenvalue weighted by Crippen LogP contribution is 2.31. The molecule has 0 fully saturated rings. The van der Waals surface area contributed by atoms with Crippen molar-refractivity contribution in [2.45, 2.75) is 13.8 Å². The number of carbonyl (C=O) groups excluding carboxylic acids is 2. The fourth-order valence-electron chi connectivity index (χ4n) is 1.71. The number of nitrogens with one attached hydrogen (secondary N) is 1. The Balaban J connectivity index is 2.33. The summed E-state index contributed by atoms with van der Waals surface area (Å²) in [6.45, 7) is 3.15. The number of methoxy groups -OCH3 is 1. The number of rotatable bonds is 4. The van der Waals surface area contributed by atoms with Crippen LogP contribution in [0.15, 0.2) is 24.3 Å². The highest BCUT2D eigenvalue weighted by Gasteiger charge is 2.19. The van der Waals surface area contributed by atoms with E-state index in [-0.39, 0.29) is 11.3 Å². The van der Waals surface area contributed by atoms with E-state index in [0.717, 1.165) is 4.88 Å². The molecule has 0 spiro atoms. The molecular weight excluding hydrogens is 292 g/mol. The van der Waals surface area contributed by atoms with Crippen LogP contribution < -0.4 is 14.8 Å². The van der Waals surface area contributed by atoms with Crippen molar-refractivity contribution in [2.24, 2.45) is 0 Å². The van der Waals surface area contributed by atoms with E-state index in [4.69, 9.17) is 9.47 Å². The molecular formula is C14H14N2O4S. The van der Waals surface area contributed by atoms with Crippen LogP contribution in [0, 0.1) is 6.92 Å². The first-order valence-corrected chi connectivity index (χ1v) is 6.88. The van der Waals surface area contributed by atoms with Gasteiger partial charge in [0.2, 0.25) is 0 Å². The number of hydrogen-bond acceptors (Lipinski definition) is 6. The largest absolute Gasteiger partial charge is 0.493 e. The van der Waals surface area contributed by atoms with Crippen LogP contribution >= 0.6 is 11.5 Å². The van der Waals surface area contributed by atoms with Crippen LogP contribution in [0.2, 0.25) is 0 Å². The molecule has 21 heavy (non-hydrogen) atoms. The van der Waals surface area contributed by atoms with Crippen molar-refractivity contribution in [1.29, 1.82) is 0 Å². The van der Waals surface area contributed by atoms with E-state index in [1.165, 1.54) is 25.6 Å². The van der Waals surface area contributed by atoms with Gasteiger partial charge in [0.15, 0.2) is 11.5 Å². The number of hydrogen-bond donors (Lipinski definition) is 1. The molecule has 1 aromatic carbocycles. The molecule has 0 radical (unpaired) electrons. The molecule has 1 aromatic heterocycles. The van der Waals surface area contributed by atoms with Gasteiger partial charge in [-0.2, -0.15) is 4.37 Å². The molecule has 1 heterocycles. The van der Waals surface area contributed by atoms with Crippen LogP contribution in [0.3, 0.4) is 0 Å². The maximum atomic E-state index is 12.3. The number of aromatic nitrogens is 1. The summed E-state index contributed by atoms with van der Waals surface area (Å²) in [4.78, 5) is 24.5. The van der Waals surface area contributed by atoms with Crippen molar-refractivity contribution in [3.8, 4) is 11.5 Å². The standard InChI is InChI=1S/C14H14N2O4S/c1-8-7-12(16-21-8)15-14(18)10-5-4-6-11(19-3)13(10)20-9(2)17/h4-7H,1-3H3,(H,15,16,18). The van der Waals surface area contributed by atoms with E-state index in [0.29, 0.717) is 11.6 Å². The van der Waals surface area contributed by atoms with Gasteiger partial charge in [0.1, 0.15) is 5.82 Å². The van der Waals surface area contributed by atoms with E-state index in [1.807, 2.05) is 6.92 Å². The molecule has 110 valence electrons. The van der Waals surface area contributed by atoms with Crippen LogP contribution in [0.1, 0.15) is 22.2 Å². The number of amides is 1. The van der Waals surface area contributed by atoms with Crippen LogP contribution in [0.25, 0.3) is 0 Å². The van der Waals surface area contributed by atoms with Crippen molar-refractivity contribution in [3.63, 3.8) is 0 Å². The number of aryl methyl sites for hydroxylation is 1. The summed E-state index contributed by atoms with van der Waals surface area (Å²) in [6.07, 6.45) is 0. The molecule has 2 aromatic rings. The zero-order valence-electron chi connectivity index (χ0n) is 11.8. The summed E-state index contributed by atoms with van der Waals surface area (Å²) < 4.78 is 14.3. The molecule has 0 saturated carbocycles. The third-order valence-electron chi connectivity index (χ3n) is 2.56. The lowest BCUT2D eigenvalue weighted by molar-refractivity contribution is -0.132. The summed E-state index contributed by atoms with van der Waals surface area (Å²) in [6, 6.07) is 6.57. The van der Waals surface area contributed by atoms with Gasteiger partial charge in [-0.15, -0.1) is 0 Å². The van der Waals surface area contributed by atoms with Crippen LogP contribution in [-0.2, 0) is 4.79 Å². The molecule has 0 bridgehead atoms. The van der Waals surface area contributed by atoms with E-state index < -0.39 is 11.9 Å². The molecule has 0 saturated heterocycles. The normalized spacial score (nSPS) is 10.0. The Kier molecular flexibility index (Phi) is 4.54. The Labute approximate surface area is 125 Å². The maximum Gasteiger partial charge on any atom is 0.308 e. The van der Waals surface area contributed by atoms with Gasteiger partial charge in [-0.3, -0.25) is 9.59 Å². The zero-order valence-corrected chi connectivity index (χ0v) is 12.6. The average molecular weight is 306 g/mol. The number of para-hydroxylation sites is 1. The Morgan fingerprint density at radius 1 is 1.33 bits per heavy atom. The molecule has 7 heteroatoms. The zero-order chi connectivity index (χ0) is 15.4. The fourth-order valence-corrected chi connectivity index (χ4v) is 2.22. The van der Waals surface area contributed by atoms with E-state index in [2.05, 4.69) is 9.69 Å². The molecule has 1 amide bonds. The van der Waals surface area contributed by atoms with Crippen molar-refractivity contribution in [2.75, 3.05) is 12.4 Å². The number of nitrogens with zero attached hydrogens (tertiary/aromatic N) is 1. The number of esters is 1. The molecule has 6 nitrogen and oxygen atoms in total. The lowest BCUT2D eigenvalue weighted by Crippen LogP contribution is -2.15.